The van der Waals surface area contributed by atoms with Crippen LogP contribution in [0, 0.1) is 6.92 Å². The Labute approximate surface area is 95.0 Å². The quantitative estimate of drug-likeness (QED) is 0.896. The number of carboxylic acids is 1. The van der Waals surface area contributed by atoms with Crippen LogP contribution < -0.4 is 0 Å². The van der Waals surface area contributed by atoms with E-state index < -0.39 is 5.97 Å². The maximum absolute atomic E-state index is 10.8. The van der Waals surface area contributed by atoms with Crippen molar-refractivity contribution >= 4 is 28.6 Å². The number of thiophene rings is 1. The van der Waals surface area contributed by atoms with E-state index in [2.05, 4.69) is 4.98 Å². The van der Waals surface area contributed by atoms with Crippen LogP contribution in [0.2, 0.25) is 0 Å². The van der Waals surface area contributed by atoms with Crippen LogP contribution in [0.4, 0.5) is 0 Å². The molecule has 0 fully saturated rings. The fourth-order valence-corrected chi connectivity index (χ4v) is 3.02. The van der Waals surface area contributed by atoms with Gasteiger partial charge < -0.3 is 5.11 Å². The van der Waals surface area contributed by atoms with Gasteiger partial charge in [0, 0.05) is 22.9 Å². The van der Waals surface area contributed by atoms with Crippen LogP contribution in [-0.4, -0.2) is 16.1 Å². The Kier molecular flexibility index (Phi) is 2.83. The summed E-state index contributed by atoms with van der Waals surface area (Å²) in [5.74, 6) is -0.853. The first-order valence-corrected chi connectivity index (χ1v) is 6.07. The van der Waals surface area contributed by atoms with E-state index in [1.807, 2.05) is 12.3 Å². The minimum absolute atomic E-state index is 0.402. The van der Waals surface area contributed by atoms with Crippen LogP contribution in [0.25, 0.3) is 0 Å². The van der Waals surface area contributed by atoms with Crippen LogP contribution in [0.15, 0.2) is 17.6 Å². The van der Waals surface area contributed by atoms with Crippen molar-refractivity contribution in [3.05, 3.63) is 38.0 Å². The zero-order valence-corrected chi connectivity index (χ0v) is 9.69. The van der Waals surface area contributed by atoms with Gasteiger partial charge >= 0.3 is 5.97 Å². The fourth-order valence-electron chi connectivity index (χ4n) is 1.28. The number of rotatable bonds is 3. The summed E-state index contributed by atoms with van der Waals surface area (Å²) in [5, 5.41) is 11.8. The molecule has 1 N–H and O–H groups in total. The predicted molar refractivity (Wildman–Crippen MR) is 60.9 cm³/mol. The zero-order valence-electron chi connectivity index (χ0n) is 8.06. The Bertz CT molecular complexity index is 474. The Morgan fingerprint density at radius 2 is 2.40 bits per heavy atom. The number of nitrogens with zero attached hydrogens (tertiary/aromatic N) is 1. The largest absolute Gasteiger partial charge is 0.477 e. The average Bonchev–Trinajstić information content (AvgIpc) is 2.77. The maximum Gasteiger partial charge on any atom is 0.345 e. The number of carbonyl (C=O) groups is 1. The highest BCUT2D eigenvalue weighted by Crippen LogP contribution is 2.25. The standard InChI is InChI=1S/C10H9NO2S2/c1-6-4-8(10(12)13)15-7(6)5-9-11-2-3-14-9/h2-4H,5H2,1H3,(H,12,13). The van der Waals surface area contributed by atoms with E-state index in [1.165, 1.54) is 11.3 Å². The highest BCUT2D eigenvalue weighted by Gasteiger charge is 2.11. The van der Waals surface area contributed by atoms with Gasteiger partial charge in [0.2, 0.25) is 0 Å². The second kappa shape index (κ2) is 4.12. The highest BCUT2D eigenvalue weighted by atomic mass is 32.1. The van der Waals surface area contributed by atoms with Crippen LogP contribution in [0.1, 0.15) is 25.1 Å². The average molecular weight is 239 g/mol. The predicted octanol–water partition coefficient (Wildman–Crippen LogP) is 2.80. The molecule has 0 bridgehead atoms. The number of hydrogen-bond donors (Lipinski definition) is 1. The number of carboxylic acid groups (broad SMARTS) is 1. The number of aromatic nitrogens is 1. The molecule has 0 aromatic carbocycles. The third kappa shape index (κ3) is 2.24. The first kappa shape index (κ1) is 10.3. The van der Waals surface area contributed by atoms with E-state index in [1.54, 1.807) is 23.6 Å². The summed E-state index contributed by atoms with van der Waals surface area (Å²) in [5.41, 5.74) is 1.03. The van der Waals surface area contributed by atoms with Crippen LogP contribution in [-0.2, 0) is 6.42 Å². The number of aromatic carboxylic acids is 1. The Morgan fingerprint density at radius 1 is 1.60 bits per heavy atom. The molecule has 2 rings (SSSR count). The lowest BCUT2D eigenvalue weighted by Gasteiger charge is -1.93. The molecule has 0 aliphatic carbocycles. The molecule has 3 nitrogen and oxygen atoms in total. The van der Waals surface area contributed by atoms with Gasteiger partial charge in [0.25, 0.3) is 0 Å². The third-order valence-electron chi connectivity index (χ3n) is 2.03. The van der Waals surface area contributed by atoms with Crippen molar-refractivity contribution in [1.82, 2.24) is 4.98 Å². The molecular weight excluding hydrogens is 230 g/mol. The van der Waals surface area contributed by atoms with Gasteiger partial charge in [-0.25, -0.2) is 9.78 Å². The first-order valence-electron chi connectivity index (χ1n) is 4.38. The van der Waals surface area contributed by atoms with Gasteiger partial charge in [-0.2, -0.15) is 0 Å². The summed E-state index contributed by atoms with van der Waals surface area (Å²) < 4.78 is 0. The molecule has 2 aromatic rings. The second-order valence-electron chi connectivity index (χ2n) is 3.12. The fraction of sp³-hybridized carbons (Fsp3) is 0.200. The van der Waals surface area contributed by atoms with E-state index in [9.17, 15) is 4.79 Å². The molecule has 0 aliphatic heterocycles. The molecule has 78 valence electrons. The summed E-state index contributed by atoms with van der Waals surface area (Å²) in [6, 6.07) is 1.72. The molecule has 0 unspecified atom stereocenters. The Balaban J connectivity index is 2.25. The van der Waals surface area contributed by atoms with Gasteiger partial charge in [-0.3, -0.25) is 0 Å². The minimum Gasteiger partial charge on any atom is -0.477 e. The van der Waals surface area contributed by atoms with Crippen molar-refractivity contribution in [2.24, 2.45) is 0 Å². The van der Waals surface area contributed by atoms with Crippen molar-refractivity contribution in [2.45, 2.75) is 13.3 Å². The monoisotopic (exact) mass is 239 g/mol. The maximum atomic E-state index is 10.8. The lowest BCUT2D eigenvalue weighted by molar-refractivity contribution is 0.0702. The number of hydrogen-bond acceptors (Lipinski definition) is 4. The molecule has 0 aliphatic rings. The molecule has 0 amide bonds. The Morgan fingerprint density at radius 3 is 2.93 bits per heavy atom. The van der Waals surface area contributed by atoms with Crippen molar-refractivity contribution in [3.63, 3.8) is 0 Å². The van der Waals surface area contributed by atoms with Gasteiger partial charge in [0.15, 0.2) is 0 Å². The molecular formula is C10H9NO2S2. The first-order chi connectivity index (χ1) is 7.16. The van der Waals surface area contributed by atoms with Gasteiger partial charge in [0.05, 0.1) is 5.01 Å². The van der Waals surface area contributed by atoms with Gasteiger partial charge in [-0.15, -0.1) is 22.7 Å². The van der Waals surface area contributed by atoms with E-state index in [0.717, 1.165) is 21.9 Å². The van der Waals surface area contributed by atoms with Crippen LogP contribution in [0.3, 0.4) is 0 Å². The molecule has 15 heavy (non-hydrogen) atoms. The molecule has 5 heteroatoms. The van der Waals surface area contributed by atoms with Crippen molar-refractivity contribution in [2.75, 3.05) is 0 Å². The molecule has 0 spiro atoms. The number of aryl methyl sites for hydroxylation is 1. The molecule has 2 heterocycles. The Hall–Kier alpha value is -1.20. The zero-order chi connectivity index (χ0) is 10.8. The van der Waals surface area contributed by atoms with Gasteiger partial charge in [-0.1, -0.05) is 0 Å². The van der Waals surface area contributed by atoms with Gasteiger partial charge in [0.1, 0.15) is 4.88 Å². The molecule has 2 aromatic heterocycles. The summed E-state index contributed by atoms with van der Waals surface area (Å²) in [6.07, 6.45) is 2.50. The molecule has 0 atom stereocenters. The van der Waals surface area contributed by atoms with E-state index in [4.69, 9.17) is 5.11 Å². The second-order valence-corrected chi connectivity index (χ2v) is 5.24. The summed E-state index contributed by atoms with van der Waals surface area (Å²) >= 11 is 2.93. The number of thiazole rings is 1. The molecule has 0 radical (unpaired) electrons. The summed E-state index contributed by atoms with van der Waals surface area (Å²) in [6.45, 7) is 1.94. The van der Waals surface area contributed by atoms with Gasteiger partial charge in [-0.05, 0) is 18.6 Å². The lowest BCUT2D eigenvalue weighted by Crippen LogP contribution is -1.89. The highest BCUT2D eigenvalue weighted by molar-refractivity contribution is 7.14. The normalized spacial score (nSPS) is 10.5. The van der Waals surface area contributed by atoms with E-state index in [-0.39, 0.29) is 0 Å². The summed E-state index contributed by atoms with van der Waals surface area (Å²) in [7, 11) is 0. The molecule has 0 saturated carbocycles. The summed E-state index contributed by atoms with van der Waals surface area (Å²) in [4.78, 5) is 16.4. The van der Waals surface area contributed by atoms with Crippen LogP contribution in [0.5, 0.6) is 0 Å². The van der Waals surface area contributed by atoms with Crippen LogP contribution >= 0.6 is 22.7 Å². The SMILES string of the molecule is Cc1cc(C(=O)O)sc1Cc1nccs1. The van der Waals surface area contributed by atoms with E-state index >= 15 is 0 Å². The molecule has 0 saturated heterocycles. The minimum atomic E-state index is -0.853. The lowest BCUT2D eigenvalue weighted by atomic mass is 10.2. The van der Waals surface area contributed by atoms with Crippen molar-refractivity contribution in [1.29, 1.82) is 0 Å². The topological polar surface area (TPSA) is 50.2 Å². The van der Waals surface area contributed by atoms with Crippen molar-refractivity contribution in [3.8, 4) is 0 Å². The smallest absolute Gasteiger partial charge is 0.345 e. The van der Waals surface area contributed by atoms with Crippen molar-refractivity contribution < 1.29 is 9.90 Å². The third-order valence-corrected chi connectivity index (χ3v) is 4.03. The van der Waals surface area contributed by atoms with E-state index in [0.29, 0.717) is 4.88 Å².